The quantitative estimate of drug-likeness (QED) is 0.647. The molecule has 0 aromatic carbocycles. The first kappa shape index (κ1) is 10.4. The van der Waals surface area contributed by atoms with Gasteiger partial charge >= 0.3 is 0 Å². The van der Waals surface area contributed by atoms with Gasteiger partial charge in [-0.25, -0.2) is 0 Å². The molecule has 0 fully saturated rings. The molecule has 3 heteroatoms. The van der Waals surface area contributed by atoms with E-state index in [1.54, 1.807) is 7.05 Å². The van der Waals surface area contributed by atoms with Gasteiger partial charge in [-0.15, -0.1) is 0 Å². The molecule has 1 amide bonds. The van der Waals surface area contributed by atoms with Crippen molar-refractivity contribution in [3.8, 4) is 0 Å². The topological polar surface area (TPSA) is 32.3 Å². The molecule has 0 aliphatic rings. The van der Waals surface area contributed by atoms with Crippen LogP contribution in [0.5, 0.6) is 0 Å². The third kappa shape index (κ3) is 2.89. The van der Waals surface area contributed by atoms with Crippen LogP contribution in [0.3, 0.4) is 0 Å². The Labute approximate surface area is 68.8 Å². The Kier molecular flexibility index (Phi) is 4.11. The van der Waals surface area contributed by atoms with E-state index in [1.165, 1.54) is 0 Å². The lowest BCUT2D eigenvalue weighted by molar-refractivity contribution is -0.125. The van der Waals surface area contributed by atoms with E-state index in [0.29, 0.717) is 6.04 Å². The molecule has 0 aromatic heterocycles. The fourth-order valence-corrected chi connectivity index (χ4v) is 0.841. The minimum absolute atomic E-state index is 0.0417. The Bertz CT molecular complexity index is 134. The first-order valence-corrected chi connectivity index (χ1v) is 3.94. The van der Waals surface area contributed by atoms with E-state index in [1.807, 2.05) is 18.9 Å². The van der Waals surface area contributed by atoms with Crippen molar-refractivity contribution in [3.05, 3.63) is 0 Å². The molecule has 0 aliphatic carbocycles. The summed E-state index contributed by atoms with van der Waals surface area (Å²) in [6.07, 6.45) is 0. The summed E-state index contributed by atoms with van der Waals surface area (Å²) < 4.78 is 0. The van der Waals surface area contributed by atoms with Crippen molar-refractivity contribution in [1.29, 1.82) is 0 Å². The highest BCUT2D eigenvalue weighted by molar-refractivity contribution is 5.80. The second-order valence-electron chi connectivity index (χ2n) is 3.05. The van der Waals surface area contributed by atoms with Crippen LogP contribution >= 0.6 is 0 Å². The number of rotatable bonds is 3. The van der Waals surface area contributed by atoms with Crippen molar-refractivity contribution in [3.63, 3.8) is 0 Å². The molecule has 0 aromatic rings. The van der Waals surface area contributed by atoms with Gasteiger partial charge in [-0.05, 0) is 27.8 Å². The number of hydrogen-bond donors (Lipinski definition) is 1. The van der Waals surface area contributed by atoms with E-state index in [-0.39, 0.29) is 11.9 Å². The molecule has 1 atom stereocenters. The van der Waals surface area contributed by atoms with Crippen molar-refractivity contribution < 1.29 is 4.79 Å². The number of carbonyl (C=O) groups is 1. The Morgan fingerprint density at radius 2 is 1.82 bits per heavy atom. The molecule has 0 saturated heterocycles. The number of amides is 1. The normalized spacial score (nSPS) is 13.7. The van der Waals surface area contributed by atoms with Gasteiger partial charge < -0.3 is 5.32 Å². The van der Waals surface area contributed by atoms with Gasteiger partial charge in [0.2, 0.25) is 5.91 Å². The number of carbonyl (C=O) groups excluding carboxylic acids is 1. The first-order valence-electron chi connectivity index (χ1n) is 3.94. The van der Waals surface area contributed by atoms with E-state index < -0.39 is 0 Å². The fourth-order valence-electron chi connectivity index (χ4n) is 0.841. The van der Waals surface area contributed by atoms with Gasteiger partial charge in [-0.2, -0.15) is 0 Å². The number of nitrogens with zero attached hydrogens (tertiary/aromatic N) is 1. The second kappa shape index (κ2) is 4.34. The number of hydrogen-bond acceptors (Lipinski definition) is 2. The Hall–Kier alpha value is -0.570. The molecular weight excluding hydrogens is 140 g/mol. The summed E-state index contributed by atoms with van der Waals surface area (Å²) in [4.78, 5) is 13.1. The van der Waals surface area contributed by atoms with Gasteiger partial charge in [0.1, 0.15) is 0 Å². The molecular formula is C8H18N2O. The van der Waals surface area contributed by atoms with Gasteiger partial charge in [-0.1, -0.05) is 0 Å². The predicted molar refractivity (Wildman–Crippen MR) is 46.4 cm³/mol. The van der Waals surface area contributed by atoms with Gasteiger partial charge in [0.05, 0.1) is 6.04 Å². The van der Waals surface area contributed by atoms with E-state index in [0.717, 1.165) is 0 Å². The summed E-state index contributed by atoms with van der Waals surface area (Å²) in [5, 5.41) is 2.62. The van der Waals surface area contributed by atoms with Crippen LogP contribution in [0, 0.1) is 0 Å². The summed E-state index contributed by atoms with van der Waals surface area (Å²) >= 11 is 0. The Balaban J connectivity index is 4.01. The first-order chi connectivity index (χ1) is 5.00. The molecule has 11 heavy (non-hydrogen) atoms. The van der Waals surface area contributed by atoms with Crippen LogP contribution in [0.4, 0.5) is 0 Å². The number of nitrogens with one attached hydrogen (secondary N) is 1. The smallest absolute Gasteiger partial charge is 0.236 e. The molecule has 0 spiro atoms. The van der Waals surface area contributed by atoms with E-state index in [2.05, 4.69) is 19.2 Å². The fraction of sp³-hybridized carbons (Fsp3) is 0.875. The third-order valence-electron chi connectivity index (χ3n) is 2.05. The Morgan fingerprint density at radius 1 is 1.36 bits per heavy atom. The minimum Gasteiger partial charge on any atom is -0.358 e. The summed E-state index contributed by atoms with van der Waals surface area (Å²) in [5.74, 6) is 0.0706. The third-order valence-corrected chi connectivity index (χ3v) is 2.05. The average molecular weight is 158 g/mol. The minimum atomic E-state index is -0.0417. The standard InChI is InChI=1S/C8H18N2O/c1-6(2)10(5)7(3)8(11)9-4/h6-7H,1-5H3,(H,9,11). The Morgan fingerprint density at radius 3 is 2.09 bits per heavy atom. The second-order valence-corrected chi connectivity index (χ2v) is 3.05. The van der Waals surface area contributed by atoms with Crippen molar-refractivity contribution in [1.82, 2.24) is 10.2 Å². The molecule has 0 heterocycles. The summed E-state index contributed by atoms with van der Waals surface area (Å²) in [5.41, 5.74) is 0. The molecule has 3 nitrogen and oxygen atoms in total. The van der Waals surface area contributed by atoms with Crippen molar-refractivity contribution >= 4 is 5.91 Å². The van der Waals surface area contributed by atoms with Crippen LogP contribution in [0.25, 0.3) is 0 Å². The number of likely N-dealkylation sites (N-methyl/N-ethyl adjacent to an activating group) is 2. The monoisotopic (exact) mass is 158 g/mol. The highest BCUT2D eigenvalue weighted by Gasteiger charge is 2.17. The zero-order valence-corrected chi connectivity index (χ0v) is 8.01. The lowest BCUT2D eigenvalue weighted by Crippen LogP contribution is -2.44. The zero-order valence-electron chi connectivity index (χ0n) is 8.01. The highest BCUT2D eigenvalue weighted by Crippen LogP contribution is 2.00. The summed E-state index contributed by atoms with van der Waals surface area (Å²) in [6, 6.07) is 0.363. The molecule has 0 rings (SSSR count). The van der Waals surface area contributed by atoms with Gasteiger partial charge in [0, 0.05) is 13.1 Å². The summed E-state index contributed by atoms with van der Waals surface area (Å²) in [6.45, 7) is 6.04. The molecule has 1 N–H and O–H groups in total. The van der Waals surface area contributed by atoms with Gasteiger partial charge in [0.15, 0.2) is 0 Å². The molecule has 0 bridgehead atoms. The molecule has 0 aliphatic heterocycles. The maximum absolute atomic E-state index is 11.1. The van der Waals surface area contributed by atoms with Crippen LogP contribution < -0.4 is 5.32 Å². The average Bonchev–Trinajstić information content (AvgIpc) is 2.00. The van der Waals surface area contributed by atoms with E-state index in [9.17, 15) is 4.79 Å². The van der Waals surface area contributed by atoms with Crippen LogP contribution in [0.2, 0.25) is 0 Å². The van der Waals surface area contributed by atoms with Crippen molar-refractivity contribution in [2.24, 2.45) is 0 Å². The largest absolute Gasteiger partial charge is 0.358 e. The summed E-state index contributed by atoms with van der Waals surface area (Å²) in [7, 11) is 3.61. The molecule has 0 radical (unpaired) electrons. The lowest BCUT2D eigenvalue weighted by atomic mass is 10.2. The zero-order chi connectivity index (χ0) is 9.02. The van der Waals surface area contributed by atoms with Crippen LogP contribution in [-0.4, -0.2) is 37.0 Å². The van der Waals surface area contributed by atoms with Crippen LogP contribution in [0.1, 0.15) is 20.8 Å². The lowest BCUT2D eigenvalue weighted by Gasteiger charge is -2.26. The van der Waals surface area contributed by atoms with E-state index >= 15 is 0 Å². The molecule has 0 saturated carbocycles. The SMILES string of the molecule is CNC(=O)C(C)N(C)C(C)C. The molecule has 66 valence electrons. The van der Waals surface area contributed by atoms with Crippen molar-refractivity contribution in [2.75, 3.05) is 14.1 Å². The van der Waals surface area contributed by atoms with Crippen LogP contribution in [0.15, 0.2) is 0 Å². The van der Waals surface area contributed by atoms with Crippen LogP contribution in [-0.2, 0) is 4.79 Å². The highest BCUT2D eigenvalue weighted by atomic mass is 16.2. The maximum Gasteiger partial charge on any atom is 0.236 e. The van der Waals surface area contributed by atoms with E-state index in [4.69, 9.17) is 0 Å². The van der Waals surface area contributed by atoms with Gasteiger partial charge in [-0.3, -0.25) is 9.69 Å². The predicted octanol–water partition coefficient (Wildman–Crippen LogP) is 0.461. The molecule has 1 unspecified atom stereocenters. The maximum atomic E-state index is 11.1. The van der Waals surface area contributed by atoms with Gasteiger partial charge in [0.25, 0.3) is 0 Å². The van der Waals surface area contributed by atoms with Crippen molar-refractivity contribution in [2.45, 2.75) is 32.9 Å².